The van der Waals surface area contributed by atoms with Crippen molar-refractivity contribution in [2.24, 2.45) is 5.73 Å². The molecule has 7 heteroatoms. The zero-order valence-electron chi connectivity index (χ0n) is 17.0. The molecule has 0 bridgehead atoms. The minimum absolute atomic E-state index is 0.325. The number of fused-ring (bicyclic) bond motifs is 1. The van der Waals surface area contributed by atoms with Crippen molar-refractivity contribution >= 4 is 22.8 Å². The van der Waals surface area contributed by atoms with Crippen LogP contribution in [0.3, 0.4) is 0 Å². The summed E-state index contributed by atoms with van der Waals surface area (Å²) in [7, 11) is 0. The lowest BCUT2D eigenvalue weighted by atomic mass is 9.85. The van der Waals surface area contributed by atoms with Crippen molar-refractivity contribution in [2.45, 2.75) is 57.4 Å². The first-order chi connectivity index (χ1) is 14.1. The number of anilines is 3. The molecule has 0 spiro atoms. The van der Waals surface area contributed by atoms with Crippen LogP contribution in [0.15, 0.2) is 36.5 Å². The Balaban J connectivity index is 1.48. The second-order valence-electron chi connectivity index (χ2n) is 7.88. The third kappa shape index (κ3) is 4.62. The Labute approximate surface area is 171 Å². The zero-order chi connectivity index (χ0) is 20.2. The van der Waals surface area contributed by atoms with Crippen LogP contribution in [0.5, 0.6) is 5.75 Å². The minimum atomic E-state index is 0.325. The maximum atomic E-state index is 6.26. The van der Waals surface area contributed by atoms with Crippen LogP contribution in [0.25, 0.3) is 5.65 Å². The number of nitrogens with one attached hydrogen (secondary N) is 1. The molecule has 3 aromatic rings. The Morgan fingerprint density at radius 2 is 1.93 bits per heavy atom. The Kier molecular flexibility index (Phi) is 5.85. The molecule has 1 saturated carbocycles. The summed E-state index contributed by atoms with van der Waals surface area (Å²) in [5.41, 5.74) is 15.6. The Bertz CT molecular complexity index is 944. The van der Waals surface area contributed by atoms with Crippen LogP contribution in [0.2, 0.25) is 0 Å². The van der Waals surface area contributed by atoms with Crippen molar-refractivity contribution < 1.29 is 4.74 Å². The first-order valence-corrected chi connectivity index (χ1v) is 10.5. The normalized spacial score (nSPS) is 19.4. The summed E-state index contributed by atoms with van der Waals surface area (Å²) in [5.74, 6) is 2.00. The quantitative estimate of drug-likeness (QED) is 0.518. The molecule has 1 aliphatic carbocycles. The molecule has 0 amide bonds. The van der Waals surface area contributed by atoms with E-state index in [0.717, 1.165) is 62.3 Å². The van der Waals surface area contributed by atoms with Crippen LogP contribution in [-0.2, 0) is 0 Å². The van der Waals surface area contributed by atoms with Crippen LogP contribution < -0.4 is 21.5 Å². The predicted octanol–water partition coefficient (Wildman–Crippen LogP) is 4.22. The molecule has 0 unspecified atom stereocenters. The number of nitrogens with two attached hydrogens (primary N) is 2. The number of hydrogen-bond donors (Lipinski definition) is 3. The summed E-state index contributed by atoms with van der Waals surface area (Å²) in [6.07, 6.45) is 8.43. The van der Waals surface area contributed by atoms with Crippen molar-refractivity contribution in [3.8, 4) is 5.75 Å². The van der Waals surface area contributed by atoms with Gasteiger partial charge in [0.2, 0.25) is 0 Å². The molecular weight excluding hydrogens is 364 g/mol. The molecule has 0 saturated heterocycles. The Morgan fingerprint density at radius 1 is 1.17 bits per heavy atom. The molecule has 2 heterocycles. The number of imidazole rings is 1. The van der Waals surface area contributed by atoms with E-state index in [9.17, 15) is 0 Å². The van der Waals surface area contributed by atoms with Gasteiger partial charge in [0.15, 0.2) is 11.5 Å². The minimum Gasteiger partial charge on any atom is -0.494 e. The zero-order valence-corrected chi connectivity index (χ0v) is 17.0. The van der Waals surface area contributed by atoms with E-state index >= 15 is 0 Å². The van der Waals surface area contributed by atoms with E-state index in [-0.39, 0.29) is 0 Å². The number of rotatable bonds is 7. The highest BCUT2D eigenvalue weighted by Gasteiger charge is 2.23. The molecule has 1 aromatic carbocycles. The molecule has 2 aromatic heterocycles. The van der Waals surface area contributed by atoms with Gasteiger partial charge in [-0.1, -0.05) is 13.3 Å². The molecule has 154 valence electrons. The molecule has 29 heavy (non-hydrogen) atoms. The van der Waals surface area contributed by atoms with Crippen molar-refractivity contribution in [1.29, 1.82) is 0 Å². The summed E-state index contributed by atoms with van der Waals surface area (Å²) >= 11 is 0. The maximum Gasteiger partial charge on any atom is 0.177 e. The van der Waals surface area contributed by atoms with E-state index in [1.54, 1.807) is 4.52 Å². The average molecular weight is 395 g/mol. The van der Waals surface area contributed by atoms with E-state index in [0.29, 0.717) is 29.1 Å². The van der Waals surface area contributed by atoms with Gasteiger partial charge in [-0.2, -0.15) is 0 Å². The van der Waals surface area contributed by atoms with Gasteiger partial charge >= 0.3 is 0 Å². The average Bonchev–Trinajstić information content (AvgIpc) is 3.15. The monoisotopic (exact) mass is 394 g/mol. The van der Waals surface area contributed by atoms with Crippen molar-refractivity contribution in [1.82, 2.24) is 14.6 Å². The number of nitrogens with zero attached hydrogens (tertiary/aromatic N) is 3. The van der Waals surface area contributed by atoms with E-state index < -0.39 is 0 Å². The number of hydrogen-bond acceptors (Lipinski definition) is 6. The Morgan fingerprint density at radius 3 is 2.66 bits per heavy atom. The van der Waals surface area contributed by atoms with E-state index in [4.69, 9.17) is 21.2 Å². The number of nitrogen functional groups attached to an aromatic ring is 1. The molecule has 0 radical (unpaired) electrons. The highest BCUT2D eigenvalue weighted by molar-refractivity contribution is 5.70. The van der Waals surface area contributed by atoms with Gasteiger partial charge in [-0.25, -0.2) is 9.50 Å². The summed E-state index contributed by atoms with van der Waals surface area (Å²) < 4.78 is 7.49. The third-order valence-electron chi connectivity index (χ3n) is 5.56. The summed E-state index contributed by atoms with van der Waals surface area (Å²) in [6, 6.07) is 10.0. The number of aromatic nitrogens is 3. The Hall–Kier alpha value is -2.80. The first-order valence-electron chi connectivity index (χ1n) is 10.5. The van der Waals surface area contributed by atoms with Crippen molar-refractivity contribution in [3.05, 3.63) is 42.2 Å². The van der Waals surface area contributed by atoms with Crippen LogP contribution in [-0.4, -0.2) is 27.2 Å². The summed E-state index contributed by atoms with van der Waals surface area (Å²) in [5, 5.41) is 7.97. The molecule has 5 N–H and O–H groups in total. The van der Waals surface area contributed by atoms with E-state index in [1.165, 1.54) is 0 Å². The number of unbranched alkanes of at least 4 members (excludes halogenated alkanes) is 1. The second-order valence-corrected chi connectivity index (χ2v) is 7.88. The van der Waals surface area contributed by atoms with E-state index in [1.807, 2.05) is 36.5 Å². The molecular formula is C22H30N6O. The highest BCUT2D eigenvalue weighted by atomic mass is 16.5. The van der Waals surface area contributed by atoms with Crippen LogP contribution >= 0.6 is 0 Å². The van der Waals surface area contributed by atoms with Gasteiger partial charge in [-0.15, -0.1) is 5.10 Å². The lowest BCUT2D eigenvalue weighted by molar-refractivity contribution is 0.309. The van der Waals surface area contributed by atoms with Crippen molar-refractivity contribution in [3.63, 3.8) is 0 Å². The first kappa shape index (κ1) is 19.5. The fourth-order valence-corrected chi connectivity index (χ4v) is 3.81. The van der Waals surface area contributed by atoms with Gasteiger partial charge in [0.05, 0.1) is 24.2 Å². The molecule has 4 rings (SSSR count). The van der Waals surface area contributed by atoms with Crippen LogP contribution in [0.1, 0.15) is 57.1 Å². The van der Waals surface area contributed by atoms with E-state index in [2.05, 4.69) is 17.3 Å². The molecule has 0 atom stereocenters. The topological polar surface area (TPSA) is 103 Å². The largest absolute Gasteiger partial charge is 0.494 e. The fourth-order valence-electron chi connectivity index (χ4n) is 3.81. The summed E-state index contributed by atoms with van der Waals surface area (Å²) in [4.78, 5) is 4.75. The van der Waals surface area contributed by atoms with Crippen LogP contribution in [0, 0.1) is 0 Å². The number of benzene rings is 1. The lowest BCUT2D eigenvalue weighted by Gasteiger charge is -2.24. The van der Waals surface area contributed by atoms with Crippen LogP contribution in [0.4, 0.5) is 17.2 Å². The fraction of sp³-hybridized carbons (Fsp3) is 0.455. The second kappa shape index (κ2) is 8.69. The molecule has 7 nitrogen and oxygen atoms in total. The molecule has 1 fully saturated rings. The van der Waals surface area contributed by atoms with Gasteiger partial charge in [-0.05, 0) is 56.4 Å². The van der Waals surface area contributed by atoms with Gasteiger partial charge in [0, 0.05) is 23.7 Å². The van der Waals surface area contributed by atoms with Gasteiger partial charge in [0.1, 0.15) is 5.75 Å². The standard InChI is InChI=1S/C22H30N6O/c1-2-3-12-29-18-10-8-17(9-11-18)25-21-13-19(24)22-26-20(14-28(22)27-21)15-4-6-16(23)7-5-15/h8-11,13-16H,2-7,12,23-24H2,1H3,(H,25,27)/t15-,16-. The van der Waals surface area contributed by atoms with Gasteiger partial charge in [0.25, 0.3) is 0 Å². The maximum absolute atomic E-state index is 6.26. The predicted molar refractivity (Wildman–Crippen MR) is 117 cm³/mol. The summed E-state index contributed by atoms with van der Waals surface area (Å²) in [6.45, 7) is 2.90. The smallest absolute Gasteiger partial charge is 0.177 e. The number of ether oxygens (including phenoxy) is 1. The third-order valence-corrected chi connectivity index (χ3v) is 5.56. The molecule has 0 aliphatic heterocycles. The van der Waals surface area contributed by atoms with Gasteiger partial charge < -0.3 is 21.5 Å². The lowest BCUT2D eigenvalue weighted by Crippen LogP contribution is -2.25. The highest BCUT2D eigenvalue weighted by Crippen LogP contribution is 2.32. The van der Waals surface area contributed by atoms with Crippen molar-refractivity contribution in [2.75, 3.05) is 17.7 Å². The SMILES string of the molecule is CCCCOc1ccc(Nc2cc(N)c3nc([C@H]4CC[C@H](N)CC4)cn3n2)cc1. The van der Waals surface area contributed by atoms with Gasteiger partial charge in [-0.3, -0.25) is 0 Å². The molecule has 1 aliphatic rings.